The fourth-order valence-corrected chi connectivity index (χ4v) is 3.44. The van der Waals surface area contributed by atoms with Gasteiger partial charge in [-0.15, -0.1) is 0 Å². The molecular formula is C20H23N3O5. The molecule has 3 rings (SSSR count). The number of carbonyl (C=O) groups is 3. The van der Waals surface area contributed by atoms with Gasteiger partial charge in [-0.1, -0.05) is 24.3 Å². The lowest BCUT2D eigenvalue weighted by atomic mass is 10.1. The molecule has 8 nitrogen and oxygen atoms in total. The summed E-state index contributed by atoms with van der Waals surface area (Å²) in [5.41, 5.74) is 1.42. The van der Waals surface area contributed by atoms with Gasteiger partial charge in [0.25, 0.3) is 0 Å². The number of aliphatic hydroxyl groups excluding tert-OH is 1. The Morgan fingerprint density at radius 2 is 2.04 bits per heavy atom. The van der Waals surface area contributed by atoms with Crippen molar-refractivity contribution in [3.8, 4) is 0 Å². The number of nitrogens with zero attached hydrogens (tertiary/aromatic N) is 2. The number of likely N-dealkylation sites (tertiary alicyclic amines) is 1. The second kappa shape index (κ2) is 8.35. The van der Waals surface area contributed by atoms with E-state index in [9.17, 15) is 19.5 Å². The highest BCUT2D eigenvalue weighted by Gasteiger charge is 2.39. The third-order valence-corrected chi connectivity index (χ3v) is 4.86. The van der Waals surface area contributed by atoms with Gasteiger partial charge >= 0.3 is 5.97 Å². The summed E-state index contributed by atoms with van der Waals surface area (Å²) in [6.45, 7) is 1.44. The summed E-state index contributed by atoms with van der Waals surface area (Å²) in [5, 5.41) is 13.4. The van der Waals surface area contributed by atoms with E-state index >= 15 is 0 Å². The molecule has 8 heteroatoms. The van der Waals surface area contributed by atoms with E-state index in [-0.39, 0.29) is 25.3 Å². The van der Waals surface area contributed by atoms with E-state index in [0.717, 1.165) is 10.9 Å². The first-order chi connectivity index (χ1) is 13.4. The minimum Gasteiger partial charge on any atom is -0.467 e. The first-order valence-electron chi connectivity index (χ1n) is 9.07. The molecule has 1 saturated heterocycles. The van der Waals surface area contributed by atoms with Crippen LogP contribution in [0.25, 0.3) is 10.9 Å². The van der Waals surface area contributed by atoms with Crippen molar-refractivity contribution >= 4 is 28.7 Å². The van der Waals surface area contributed by atoms with Crippen LogP contribution in [0.1, 0.15) is 19.0 Å². The number of methoxy groups -OCH3 is 1. The van der Waals surface area contributed by atoms with Gasteiger partial charge in [0.1, 0.15) is 12.1 Å². The van der Waals surface area contributed by atoms with Crippen molar-refractivity contribution in [1.82, 2.24) is 15.2 Å². The normalized spacial score (nSPS) is 20.0. The maximum atomic E-state index is 12.7. The number of ether oxygens (including phenoxy) is 1. The number of amides is 2. The zero-order chi connectivity index (χ0) is 20.3. The predicted molar refractivity (Wildman–Crippen MR) is 101 cm³/mol. The van der Waals surface area contributed by atoms with Crippen LogP contribution < -0.4 is 5.32 Å². The van der Waals surface area contributed by atoms with Crippen molar-refractivity contribution in [3.05, 3.63) is 42.1 Å². The largest absolute Gasteiger partial charge is 0.467 e. The number of benzene rings is 1. The fraction of sp³-hybridized carbons (Fsp3) is 0.400. The molecule has 0 unspecified atom stereocenters. The number of fused-ring (bicyclic) bond motifs is 1. The monoisotopic (exact) mass is 385 g/mol. The zero-order valence-corrected chi connectivity index (χ0v) is 15.8. The van der Waals surface area contributed by atoms with Crippen LogP contribution in [0, 0.1) is 0 Å². The highest BCUT2D eigenvalue weighted by Crippen LogP contribution is 2.19. The molecule has 2 N–H and O–H groups in total. The predicted octanol–water partition coefficient (Wildman–Crippen LogP) is 0.417. The number of aliphatic hydroxyl groups is 1. The highest BCUT2D eigenvalue weighted by molar-refractivity contribution is 5.91. The van der Waals surface area contributed by atoms with Crippen LogP contribution in [-0.4, -0.2) is 64.6 Å². The Morgan fingerprint density at radius 3 is 2.75 bits per heavy atom. The Labute approximate surface area is 162 Å². The van der Waals surface area contributed by atoms with Crippen molar-refractivity contribution in [2.75, 3.05) is 13.7 Å². The topological polar surface area (TPSA) is 109 Å². The maximum Gasteiger partial charge on any atom is 0.328 e. The van der Waals surface area contributed by atoms with E-state index in [1.54, 1.807) is 6.07 Å². The van der Waals surface area contributed by atoms with E-state index in [1.165, 1.54) is 18.9 Å². The van der Waals surface area contributed by atoms with E-state index in [0.29, 0.717) is 5.69 Å². The number of esters is 1. The first-order valence-corrected chi connectivity index (χ1v) is 9.07. The smallest absolute Gasteiger partial charge is 0.328 e. The molecule has 0 radical (unpaired) electrons. The van der Waals surface area contributed by atoms with E-state index in [1.807, 2.05) is 30.3 Å². The van der Waals surface area contributed by atoms with Crippen LogP contribution in [-0.2, 0) is 25.5 Å². The summed E-state index contributed by atoms with van der Waals surface area (Å²) in [7, 11) is 1.25. The molecular weight excluding hydrogens is 362 g/mol. The molecule has 0 aliphatic carbocycles. The molecule has 28 heavy (non-hydrogen) atoms. The molecule has 1 aliphatic rings. The van der Waals surface area contributed by atoms with Gasteiger partial charge in [0, 0.05) is 37.4 Å². The van der Waals surface area contributed by atoms with Crippen LogP contribution >= 0.6 is 0 Å². The molecule has 2 amide bonds. The van der Waals surface area contributed by atoms with Crippen LogP contribution in [0.15, 0.2) is 36.4 Å². The number of aromatic nitrogens is 1. The lowest BCUT2D eigenvalue weighted by Gasteiger charge is -2.24. The number of β-amino-alcohol motifs (C(OH)–C–C–N with tert-alkyl or cyclic N) is 1. The van der Waals surface area contributed by atoms with Crippen molar-refractivity contribution in [2.24, 2.45) is 0 Å². The average Bonchev–Trinajstić information content (AvgIpc) is 3.09. The fourth-order valence-electron chi connectivity index (χ4n) is 3.44. The van der Waals surface area contributed by atoms with Crippen molar-refractivity contribution in [3.63, 3.8) is 0 Å². The number of rotatable bonds is 5. The van der Waals surface area contributed by atoms with E-state index < -0.39 is 30.1 Å². The van der Waals surface area contributed by atoms with Gasteiger partial charge < -0.3 is 20.1 Å². The Morgan fingerprint density at radius 1 is 1.29 bits per heavy atom. The zero-order valence-electron chi connectivity index (χ0n) is 15.8. The summed E-state index contributed by atoms with van der Waals surface area (Å²) >= 11 is 0. The third kappa shape index (κ3) is 4.28. The maximum absolute atomic E-state index is 12.7. The second-order valence-electron chi connectivity index (χ2n) is 6.86. The summed E-state index contributed by atoms with van der Waals surface area (Å²) in [5.74, 6) is -1.40. The van der Waals surface area contributed by atoms with Crippen LogP contribution in [0.5, 0.6) is 0 Å². The number of pyridine rings is 1. The molecule has 0 spiro atoms. The summed E-state index contributed by atoms with van der Waals surface area (Å²) in [6.07, 6.45) is -0.482. The Balaban J connectivity index is 1.77. The quantitative estimate of drug-likeness (QED) is 0.722. The van der Waals surface area contributed by atoms with Gasteiger partial charge in [-0.05, 0) is 12.1 Å². The van der Waals surface area contributed by atoms with Crippen LogP contribution in [0.3, 0.4) is 0 Å². The molecule has 148 valence electrons. The summed E-state index contributed by atoms with van der Waals surface area (Å²) in [6, 6.07) is 9.53. The third-order valence-electron chi connectivity index (χ3n) is 4.86. The average molecular weight is 385 g/mol. The molecule has 1 aromatic heterocycles. The van der Waals surface area contributed by atoms with Gasteiger partial charge in [0.15, 0.2) is 0 Å². The highest BCUT2D eigenvalue weighted by atomic mass is 16.5. The van der Waals surface area contributed by atoms with Crippen LogP contribution in [0.2, 0.25) is 0 Å². The van der Waals surface area contributed by atoms with Gasteiger partial charge in [-0.25, -0.2) is 4.79 Å². The van der Waals surface area contributed by atoms with Gasteiger partial charge in [-0.3, -0.25) is 14.6 Å². The Hall–Kier alpha value is -3.00. The molecule has 3 atom stereocenters. The van der Waals surface area contributed by atoms with Gasteiger partial charge in [0.2, 0.25) is 11.8 Å². The van der Waals surface area contributed by atoms with Crippen molar-refractivity contribution in [1.29, 1.82) is 0 Å². The van der Waals surface area contributed by atoms with E-state index in [4.69, 9.17) is 4.74 Å². The Kier molecular flexibility index (Phi) is 5.89. The standard InChI is InChI=1S/C20H23N3O5/c1-12(24)23-11-15(25)10-18(23)19(26)22-17(20(27)28-2)9-14-8-7-13-5-3-4-6-16(13)21-14/h3-8,15,17-18,25H,9-11H2,1-2H3,(H,22,26)/t15-,17-,18+/m1/s1. The number of carbonyl (C=O) groups excluding carboxylic acids is 3. The number of nitrogens with one attached hydrogen (secondary N) is 1. The first kappa shape index (κ1) is 19.8. The molecule has 1 fully saturated rings. The lowest BCUT2D eigenvalue weighted by molar-refractivity contribution is -0.146. The minimum atomic E-state index is -0.947. The molecule has 1 aromatic carbocycles. The molecule has 0 saturated carbocycles. The summed E-state index contributed by atoms with van der Waals surface area (Å²) < 4.78 is 4.82. The number of hydrogen-bond donors (Lipinski definition) is 2. The minimum absolute atomic E-state index is 0.0997. The number of hydrogen-bond acceptors (Lipinski definition) is 6. The molecule has 2 heterocycles. The SMILES string of the molecule is COC(=O)[C@@H](Cc1ccc2ccccc2n1)NC(=O)[C@@H]1C[C@@H](O)CN1C(C)=O. The van der Waals surface area contributed by atoms with E-state index in [2.05, 4.69) is 10.3 Å². The molecule has 0 bridgehead atoms. The molecule has 1 aliphatic heterocycles. The summed E-state index contributed by atoms with van der Waals surface area (Å²) in [4.78, 5) is 42.5. The molecule has 2 aromatic rings. The van der Waals surface area contributed by atoms with Crippen molar-refractivity contribution < 1.29 is 24.2 Å². The lowest BCUT2D eigenvalue weighted by Crippen LogP contribution is -2.51. The van der Waals surface area contributed by atoms with Gasteiger partial charge in [-0.2, -0.15) is 0 Å². The van der Waals surface area contributed by atoms with Crippen LogP contribution in [0.4, 0.5) is 0 Å². The Bertz CT molecular complexity index is 900. The number of para-hydroxylation sites is 1. The van der Waals surface area contributed by atoms with Crippen molar-refractivity contribution in [2.45, 2.75) is 38.0 Å². The van der Waals surface area contributed by atoms with Gasteiger partial charge in [0.05, 0.1) is 18.7 Å². The second-order valence-corrected chi connectivity index (χ2v) is 6.86.